The molecule has 0 spiro atoms. The first-order chi connectivity index (χ1) is 9.47. The summed E-state index contributed by atoms with van der Waals surface area (Å²) in [6, 6.07) is 5.53. The van der Waals surface area contributed by atoms with Crippen LogP contribution >= 0.6 is 0 Å². The zero-order chi connectivity index (χ0) is 14.7. The zero-order valence-corrected chi connectivity index (χ0v) is 11.7. The van der Waals surface area contributed by atoms with Gasteiger partial charge < -0.3 is 10.2 Å². The molecule has 1 unspecified atom stereocenters. The van der Waals surface area contributed by atoms with Crippen LogP contribution in [-0.4, -0.2) is 35.8 Å². The second kappa shape index (κ2) is 6.03. The molecule has 0 aromatic heterocycles. The molecule has 2 rings (SSSR count). The first kappa shape index (κ1) is 14.5. The molecule has 1 aliphatic rings. The number of hydrogen-bond donors (Lipinski definition) is 1. The standard InChI is InChI=1S/C15H19FN2O2/c1-10(2)14(19)17-13-7-8-18(9-13)15(20)11-3-5-12(16)6-4-11/h3-6,10,13H,7-9H2,1-2H3,(H,17,19). The van der Waals surface area contributed by atoms with Gasteiger partial charge in [0.15, 0.2) is 0 Å². The predicted octanol–water partition coefficient (Wildman–Crippen LogP) is 1.81. The second-order valence-electron chi connectivity index (χ2n) is 5.41. The third kappa shape index (κ3) is 3.35. The highest BCUT2D eigenvalue weighted by atomic mass is 19.1. The molecule has 1 fully saturated rings. The van der Waals surface area contributed by atoms with Gasteiger partial charge in [0.1, 0.15) is 5.82 Å². The molecule has 0 aliphatic carbocycles. The number of carbonyl (C=O) groups excluding carboxylic acids is 2. The highest BCUT2D eigenvalue weighted by molar-refractivity contribution is 5.94. The Labute approximate surface area is 118 Å². The fourth-order valence-corrected chi connectivity index (χ4v) is 2.21. The Hall–Kier alpha value is -1.91. The summed E-state index contributed by atoms with van der Waals surface area (Å²) in [5.41, 5.74) is 0.474. The minimum absolute atomic E-state index is 0.00563. The molecule has 1 N–H and O–H groups in total. The van der Waals surface area contributed by atoms with E-state index in [-0.39, 0.29) is 29.6 Å². The molecule has 5 heteroatoms. The average Bonchev–Trinajstić information content (AvgIpc) is 2.87. The van der Waals surface area contributed by atoms with Crippen LogP contribution in [0.3, 0.4) is 0 Å². The third-order valence-corrected chi connectivity index (χ3v) is 3.44. The Morgan fingerprint density at radius 1 is 1.30 bits per heavy atom. The molecule has 1 heterocycles. The maximum atomic E-state index is 12.8. The molecule has 1 atom stereocenters. The Balaban J connectivity index is 1.94. The lowest BCUT2D eigenvalue weighted by molar-refractivity contribution is -0.124. The van der Waals surface area contributed by atoms with Crippen LogP contribution in [0.5, 0.6) is 0 Å². The third-order valence-electron chi connectivity index (χ3n) is 3.44. The molecule has 0 radical (unpaired) electrons. The van der Waals surface area contributed by atoms with E-state index in [9.17, 15) is 14.0 Å². The summed E-state index contributed by atoms with van der Waals surface area (Å²) in [5.74, 6) is -0.528. The van der Waals surface area contributed by atoms with Crippen LogP contribution in [0.15, 0.2) is 24.3 Å². The van der Waals surface area contributed by atoms with Gasteiger partial charge in [0.05, 0.1) is 0 Å². The molecule has 4 nitrogen and oxygen atoms in total. The Bertz CT molecular complexity index is 499. The average molecular weight is 278 g/mol. The van der Waals surface area contributed by atoms with Gasteiger partial charge in [-0.05, 0) is 30.7 Å². The van der Waals surface area contributed by atoms with Gasteiger partial charge in [-0.15, -0.1) is 0 Å². The number of hydrogen-bond acceptors (Lipinski definition) is 2. The number of likely N-dealkylation sites (tertiary alicyclic amines) is 1. The van der Waals surface area contributed by atoms with Crippen molar-refractivity contribution in [2.75, 3.05) is 13.1 Å². The first-order valence-corrected chi connectivity index (χ1v) is 6.82. The first-order valence-electron chi connectivity index (χ1n) is 6.82. The molecular formula is C15H19FN2O2. The Morgan fingerprint density at radius 2 is 1.95 bits per heavy atom. The van der Waals surface area contributed by atoms with Gasteiger partial charge in [-0.25, -0.2) is 4.39 Å². The zero-order valence-electron chi connectivity index (χ0n) is 11.7. The summed E-state index contributed by atoms with van der Waals surface area (Å²) in [6.45, 7) is 4.80. The van der Waals surface area contributed by atoms with Crippen molar-refractivity contribution in [1.29, 1.82) is 0 Å². The highest BCUT2D eigenvalue weighted by Gasteiger charge is 2.28. The van der Waals surface area contributed by atoms with Gasteiger partial charge in [0.2, 0.25) is 5.91 Å². The Morgan fingerprint density at radius 3 is 2.55 bits per heavy atom. The smallest absolute Gasteiger partial charge is 0.253 e. The van der Waals surface area contributed by atoms with Crippen LogP contribution < -0.4 is 5.32 Å². The van der Waals surface area contributed by atoms with E-state index < -0.39 is 0 Å². The van der Waals surface area contributed by atoms with Crippen LogP contribution in [0.2, 0.25) is 0 Å². The number of nitrogens with one attached hydrogen (secondary N) is 1. The van der Waals surface area contributed by atoms with Crippen molar-refractivity contribution in [3.05, 3.63) is 35.6 Å². The molecule has 2 amide bonds. The van der Waals surface area contributed by atoms with Crippen molar-refractivity contribution in [3.8, 4) is 0 Å². The van der Waals surface area contributed by atoms with Crippen LogP contribution in [0.4, 0.5) is 4.39 Å². The minimum atomic E-state index is -0.356. The van der Waals surface area contributed by atoms with Crippen molar-refractivity contribution in [1.82, 2.24) is 10.2 Å². The summed E-state index contributed by atoms with van der Waals surface area (Å²) in [6.07, 6.45) is 0.755. The molecule has 1 aliphatic heterocycles. The van der Waals surface area contributed by atoms with Crippen molar-refractivity contribution in [2.45, 2.75) is 26.3 Å². The van der Waals surface area contributed by atoms with Crippen LogP contribution in [-0.2, 0) is 4.79 Å². The SMILES string of the molecule is CC(C)C(=O)NC1CCN(C(=O)c2ccc(F)cc2)C1. The molecule has 1 aromatic carbocycles. The monoisotopic (exact) mass is 278 g/mol. The van der Waals surface area contributed by atoms with E-state index >= 15 is 0 Å². The van der Waals surface area contributed by atoms with Gasteiger partial charge in [-0.3, -0.25) is 9.59 Å². The summed E-state index contributed by atoms with van der Waals surface area (Å²) in [5, 5.41) is 2.93. The summed E-state index contributed by atoms with van der Waals surface area (Å²) in [7, 11) is 0. The van der Waals surface area contributed by atoms with Gasteiger partial charge >= 0.3 is 0 Å². The van der Waals surface area contributed by atoms with Crippen molar-refractivity contribution >= 4 is 11.8 Å². The molecule has 20 heavy (non-hydrogen) atoms. The maximum absolute atomic E-state index is 12.8. The largest absolute Gasteiger partial charge is 0.351 e. The summed E-state index contributed by atoms with van der Waals surface area (Å²) in [4.78, 5) is 25.5. The lowest BCUT2D eigenvalue weighted by Crippen LogP contribution is -2.40. The predicted molar refractivity (Wildman–Crippen MR) is 73.7 cm³/mol. The number of carbonyl (C=O) groups is 2. The maximum Gasteiger partial charge on any atom is 0.253 e. The normalized spacial score (nSPS) is 18.4. The number of benzene rings is 1. The lowest BCUT2D eigenvalue weighted by Gasteiger charge is -2.18. The molecule has 0 bridgehead atoms. The summed E-state index contributed by atoms with van der Waals surface area (Å²) >= 11 is 0. The number of rotatable bonds is 3. The van der Waals surface area contributed by atoms with E-state index in [0.29, 0.717) is 18.7 Å². The van der Waals surface area contributed by atoms with E-state index in [0.717, 1.165) is 6.42 Å². The molecule has 0 saturated carbocycles. The van der Waals surface area contributed by atoms with Crippen molar-refractivity contribution in [2.24, 2.45) is 5.92 Å². The number of halogens is 1. The van der Waals surface area contributed by atoms with Gasteiger partial charge in [0, 0.05) is 30.6 Å². The van der Waals surface area contributed by atoms with Crippen molar-refractivity contribution in [3.63, 3.8) is 0 Å². The number of amides is 2. The number of nitrogens with zero attached hydrogens (tertiary/aromatic N) is 1. The topological polar surface area (TPSA) is 49.4 Å². The Kier molecular flexibility index (Phi) is 4.37. The van der Waals surface area contributed by atoms with E-state index in [2.05, 4.69) is 5.32 Å². The fourth-order valence-electron chi connectivity index (χ4n) is 2.21. The van der Waals surface area contributed by atoms with Gasteiger partial charge in [-0.1, -0.05) is 13.8 Å². The van der Waals surface area contributed by atoms with Crippen LogP contribution in [0.25, 0.3) is 0 Å². The second-order valence-corrected chi connectivity index (χ2v) is 5.41. The van der Waals surface area contributed by atoms with Crippen LogP contribution in [0, 0.1) is 11.7 Å². The van der Waals surface area contributed by atoms with E-state index in [1.807, 2.05) is 13.8 Å². The minimum Gasteiger partial charge on any atom is -0.351 e. The molecular weight excluding hydrogens is 259 g/mol. The van der Waals surface area contributed by atoms with Gasteiger partial charge in [0.25, 0.3) is 5.91 Å². The van der Waals surface area contributed by atoms with Gasteiger partial charge in [-0.2, -0.15) is 0 Å². The molecule has 1 aromatic rings. The fraction of sp³-hybridized carbons (Fsp3) is 0.467. The molecule has 1 saturated heterocycles. The summed E-state index contributed by atoms with van der Waals surface area (Å²) < 4.78 is 12.8. The quantitative estimate of drug-likeness (QED) is 0.916. The van der Waals surface area contributed by atoms with E-state index in [4.69, 9.17) is 0 Å². The molecule has 108 valence electrons. The highest BCUT2D eigenvalue weighted by Crippen LogP contribution is 2.14. The van der Waals surface area contributed by atoms with E-state index in [1.165, 1.54) is 24.3 Å². The van der Waals surface area contributed by atoms with Crippen molar-refractivity contribution < 1.29 is 14.0 Å². The lowest BCUT2D eigenvalue weighted by atomic mass is 10.2. The van der Waals surface area contributed by atoms with E-state index in [1.54, 1.807) is 4.90 Å². The van der Waals surface area contributed by atoms with Crippen LogP contribution in [0.1, 0.15) is 30.6 Å².